The number of hydrogen-bond donors (Lipinski definition) is 1. The quantitative estimate of drug-likeness (QED) is 0.714. The van der Waals surface area contributed by atoms with Gasteiger partial charge < -0.3 is 10.1 Å². The fourth-order valence-corrected chi connectivity index (χ4v) is 1.84. The number of ether oxygens (including phenoxy) is 1. The number of benzene rings is 1. The molecule has 1 aromatic carbocycles. The van der Waals surface area contributed by atoms with E-state index in [-0.39, 0.29) is 11.9 Å². The summed E-state index contributed by atoms with van der Waals surface area (Å²) in [6, 6.07) is 4.69. The molecule has 1 rings (SSSR count). The van der Waals surface area contributed by atoms with Gasteiger partial charge in [-0.15, -0.1) is 0 Å². The van der Waals surface area contributed by atoms with Gasteiger partial charge in [-0.2, -0.15) is 0 Å². The second-order valence-electron chi connectivity index (χ2n) is 4.64. The molecule has 2 nitrogen and oxygen atoms in total. The van der Waals surface area contributed by atoms with Crippen molar-refractivity contribution in [2.24, 2.45) is 0 Å². The second kappa shape index (κ2) is 8.09. The summed E-state index contributed by atoms with van der Waals surface area (Å²) in [6.45, 7) is 8.02. The van der Waals surface area contributed by atoms with E-state index in [1.165, 1.54) is 12.1 Å². The van der Waals surface area contributed by atoms with Crippen molar-refractivity contribution in [1.29, 1.82) is 0 Å². The van der Waals surface area contributed by atoms with Gasteiger partial charge in [-0.1, -0.05) is 26.3 Å². The predicted octanol–water partition coefficient (Wildman–Crippen LogP) is 3.68. The van der Waals surface area contributed by atoms with Gasteiger partial charge in [0.15, 0.2) is 0 Å². The molecule has 0 fully saturated rings. The molecule has 0 heterocycles. The molecule has 0 saturated carbocycles. The molecule has 0 spiro atoms. The normalized spacial score (nSPS) is 12.4. The minimum absolute atomic E-state index is 0.113. The molecule has 0 aromatic heterocycles. The van der Waals surface area contributed by atoms with Crippen LogP contribution >= 0.6 is 0 Å². The third kappa shape index (κ3) is 5.05. The lowest BCUT2D eigenvalue weighted by atomic mass is 10.2. The molecule has 0 bridgehead atoms. The summed E-state index contributed by atoms with van der Waals surface area (Å²) in [5, 5.41) is 3.36. The van der Waals surface area contributed by atoms with E-state index in [1.54, 1.807) is 6.07 Å². The van der Waals surface area contributed by atoms with Crippen LogP contribution in [0.25, 0.3) is 0 Å². The third-order valence-corrected chi connectivity index (χ3v) is 2.85. The van der Waals surface area contributed by atoms with Crippen molar-refractivity contribution in [2.45, 2.75) is 46.1 Å². The zero-order valence-electron chi connectivity index (χ0n) is 11.6. The Balaban J connectivity index is 2.60. The maximum Gasteiger partial charge on any atom is 0.126 e. The van der Waals surface area contributed by atoms with Gasteiger partial charge in [0.2, 0.25) is 0 Å². The fourth-order valence-electron chi connectivity index (χ4n) is 1.84. The van der Waals surface area contributed by atoms with Crippen LogP contribution in [0.15, 0.2) is 18.2 Å². The standard InChI is InChI=1S/C15H24FNO/c1-4-6-14(11-17-9-5-2)18-15-10-13(16)8-7-12(15)3/h7-8,10,14,17H,4-6,9,11H2,1-3H3. The van der Waals surface area contributed by atoms with Gasteiger partial charge in [-0.3, -0.25) is 0 Å². The summed E-state index contributed by atoms with van der Waals surface area (Å²) in [4.78, 5) is 0. The van der Waals surface area contributed by atoms with Crippen LogP contribution in [0.2, 0.25) is 0 Å². The van der Waals surface area contributed by atoms with Gasteiger partial charge in [-0.25, -0.2) is 4.39 Å². The lowest BCUT2D eigenvalue weighted by Gasteiger charge is -2.20. The molecular formula is C15H24FNO. The highest BCUT2D eigenvalue weighted by Gasteiger charge is 2.11. The largest absolute Gasteiger partial charge is 0.489 e. The summed E-state index contributed by atoms with van der Waals surface area (Å²) in [6.07, 6.45) is 3.26. The van der Waals surface area contributed by atoms with Crippen molar-refractivity contribution in [2.75, 3.05) is 13.1 Å². The van der Waals surface area contributed by atoms with Crippen LogP contribution in [0.1, 0.15) is 38.7 Å². The first kappa shape index (κ1) is 15.0. The van der Waals surface area contributed by atoms with Crippen molar-refractivity contribution in [3.8, 4) is 5.75 Å². The van der Waals surface area contributed by atoms with Crippen LogP contribution in [0.4, 0.5) is 4.39 Å². The van der Waals surface area contributed by atoms with E-state index in [9.17, 15) is 4.39 Å². The van der Waals surface area contributed by atoms with Crippen molar-refractivity contribution >= 4 is 0 Å². The van der Waals surface area contributed by atoms with E-state index >= 15 is 0 Å². The molecule has 1 atom stereocenters. The number of aryl methyl sites for hydroxylation is 1. The molecule has 3 heteroatoms. The number of halogens is 1. The van der Waals surface area contributed by atoms with Crippen LogP contribution in [0, 0.1) is 12.7 Å². The molecule has 0 aliphatic heterocycles. The van der Waals surface area contributed by atoms with Gasteiger partial charge in [-0.05, 0) is 37.9 Å². The lowest BCUT2D eigenvalue weighted by Crippen LogP contribution is -2.32. The van der Waals surface area contributed by atoms with Crippen LogP contribution in [0.3, 0.4) is 0 Å². The molecule has 1 aromatic rings. The lowest BCUT2D eigenvalue weighted by molar-refractivity contribution is 0.185. The van der Waals surface area contributed by atoms with E-state index < -0.39 is 0 Å². The number of rotatable bonds is 8. The smallest absolute Gasteiger partial charge is 0.126 e. The summed E-state index contributed by atoms with van der Waals surface area (Å²) in [7, 11) is 0. The topological polar surface area (TPSA) is 21.3 Å². The predicted molar refractivity (Wildman–Crippen MR) is 73.6 cm³/mol. The van der Waals surface area contributed by atoms with Crippen LogP contribution in [-0.4, -0.2) is 19.2 Å². The Labute approximate surface area is 110 Å². The Hall–Kier alpha value is -1.09. The molecule has 0 aliphatic carbocycles. The fraction of sp³-hybridized carbons (Fsp3) is 0.600. The highest BCUT2D eigenvalue weighted by atomic mass is 19.1. The Bertz CT molecular complexity index is 354. The van der Waals surface area contributed by atoms with E-state index in [2.05, 4.69) is 19.2 Å². The SMILES string of the molecule is CCCNCC(CCC)Oc1cc(F)ccc1C. The van der Waals surface area contributed by atoms with Crippen molar-refractivity contribution < 1.29 is 9.13 Å². The average Bonchev–Trinajstić information content (AvgIpc) is 2.34. The molecule has 0 aliphatic rings. The van der Waals surface area contributed by atoms with Crippen LogP contribution in [0.5, 0.6) is 5.75 Å². The highest BCUT2D eigenvalue weighted by molar-refractivity contribution is 5.32. The van der Waals surface area contributed by atoms with E-state index in [0.717, 1.165) is 37.9 Å². The van der Waals surface area contributed by atoms with Crippen molar-refractivity contribution in [3.63, 3.8) is 0 Å². The summed E-state index contributed by atoms with van der Waals surface area (Å²) < 4.78 is 19.1. The van der Waals surface area contributed by atoms with Gasteiger partial charge in [0.1, 0.15) is 17.7 Å². The highest BCUT2D eigenvalue weighted by Crippen LogP contribution is 2.21. The maximum absolute atomic E-state index is 13.2. The molecule has 102 valence electrons. The molecule has 1 unspecified atom stereocenters. The first-order chi connectivity index (χ1) is 8.67. The summed E-state index contributed by atoms with van der Waals surface area (Å²) in [5.74, 6) is 0.416. The van der Waals surface area contributed by atoms with Gasteiger partial charge in [0, 0.05) is 12.6 Å². The zero-order valence-corrected chi connectivity index (χ0v) is 11.6. The van der Waals surface area contributed by atoms with Crippen LogP contribution in [-0.2, 0) is 0 Å². The second-order valence-corrected chi connectivity index (χ2v) is 4.64. The van der Waals surface area contributed by atoms with Gasteiger partial charge in [0.05, 0.1) is 0 Å². The van der Waals surface area contributed by atoms with Crippen LogP contribution < -0.4 is 10.1 Å². The molecule has 18 heavy (non-hydrogen) atoms. The minimum Gasteiger partial charge on any atom is -0.489 e. The monoisotopic (exact) mass is 253 g/mol. The zero-order chi connectivity index (χ0) is 13.4. The first-order valence-electron chi connectivity index (χ1n) is 6.80. The minimum atomic E-state index is -0.243. The van der Waals surface area contributed by atoms with Crippen molar-refractivity contribution in [3.05, 3.63) is 29.6 Å². The summed E-state index contributed by atoms with van der Waals surface area (Å²) >= 11 is 0. The molecular weight excluding hydrogens is 229 g/mol. The van der Waals surface area contributed by atoms with Gasteiger partial charge in [0.25, 0.3) is 0 Å². The number of hydrogen-bond acceptors (Lipinski definition) is 2. The Kier molecular flexibility index (Phi) is 6.73. The van der Waals surface area contributed by atoms with Crippen molar-refractivity contribution in [1.82, 2.24) is 5.32 Å². The van der Waals surface area contributed by atoms with E-state index in [0.29, 0.717) is 5.75 Å². The maximum atomic E-state index is 13.2. The molecule has 0 amide bonds. The number of nitrogens with one attached hydrogen (secondary N) is 1. The Morgan fingerprint density at radius 1 is 1.28 bits per heavy atom. The summed E-state index contributed by atoms with van der Waals surface area (Å²) in [5.41, 5.74) is 0.980. The Morgan fingerprint density at radius 3 is 2.72 bits per heavy atom. The van der Waals surface area contributed by atoms with Gasteiger partial charge >= 0.3 is 0 Å². The molecule has 0 saturated heterocycles. The van der Waals surface area contributed by atoms with E-state index in [4.69, 9.17) is 4.74 Å². The molecule has 0 radical (unpaired) electrons. The third-order valence-electron chi connectivity index (χ3n) is 2.85. The average molecular weight is 253 g/mol. The van der Waals surface area contributed by atoms with E-state index in [1.807, 2.05) is 6.92 Å². The first-order valence-corrected chi connectivity index (χ1v) is 6.80. The molecule has 1 N–H and O–H groups in total. The Morgan fingerprint density at radius 2 is 2.06 bits per heavy atom.